The highest BCUT2D eigenvalue weighted by Gasteiger charge is 2.46. The number of nitrogens with two attached hydrogens (primary N) is 1. The van der Waals surface area contributed by atoms with E-state index < -0.39 is 16.0 Å². The third-order valence-corrected chi connectivity index (χ3v) is 6.46. The molecule has 0 bridgehead atoms. The van der Waals surface area contributed by atoms with Gasteiger partial charge in [-0.25, -0.2) is 13.2 Å². The van der Waals surface area contributed by atoms with Crippen molar-refractivity contribution in [1.29, 1.82) is 0 Å². The Kier molecular flexibility index (Phi) is 5.10. The van der Waals surface area contributed by atoms with Gasteiger partial charge in [-0.05, 0) is 31.6 Å². The first-order valence-electron chi connectivity index (χ1n) is 7.29. The summed E-state index contributed by atoms with van der Waals surface area (Å²) in [6.45, 7) is 2.43. The maximum atomic E-state index is 12.7. The van der Waals surface area contributed by atoms with Gasteiger partial charge in [0.05, 0.1) is 7.11 Å². The van der Waals surface area contributed by atoms with Crippen LogP contribution in [0.2, 0.25) is 0 Å². The number of hydrogen-bond acceptors (Lipinski definition) is 6. The molecule has 3 rings (SSSR count). The molecule has 23 heavy (non-hydrogen) atoms. The maximum absolute atomic E-state index is 12.7. The molecule has 2 fully saturated rings. The highest BCUT2D eigenvalue weighted by atomic mass is 35.5. The van der Waals surface area contributed by atoms with Crippen LogP contribution in [-0.2, 0) is 14.8 Å². The fourth-order valence-corrected chi connectivity index (χ4v) is 4.99. The summed E-state index contributed by atoms with van der Waals surface area (Å²) < 4.78 is 36.7. The van der Waals surface area contributed by atoms with Gasteiger partial charge < -0.3 is 14.9 Å². The number of methoxy groups -OCH3 is 1. The molecule has 1 aromatic rings. The molecule has 1 aliphatic carbocycles. The van der Waals surface area contributed by atoms with Crippen LogP contribution in [-0.4, -0.2) is 44.9 Å². The van der Waals surface area contributed by atoms with E-state index in [1.807, 2.05) is 0 Å². The molecule has 130 valence electrons. The zero-order valence-electron chi connectivity index (χ0n) is 13.0. The average Bonchev–Trinajstić information content (AvgIpc) is 3.15. The second-order valence-electron chi connectivity index (χ2n) is 6.01. The zero-order chi connectivity index (χ0) is 16.1. The second-order valence-corrected chi connectivity index (χ2v) is 7.88. The van der Waals surface area contributed by atoms with E-state index in [4.69, 9.17) is 10.2 Å². The first-order valence-corrected chi connectivity index (χ1v) is 8.73. The van der Waals surface area contributed by atoms with Crippen LogP contribution >= 0.6 is 12.4 Å². The predicted molar refractivity (Wildman–Crippen MR) is 85.0 cm³/mol. The minimum Gasteiger partial charge on any atom is -0.465 e. The van der Waals surface area contributed by atoms with E-state index in [1.165, 1.54) is 17.5 Å². The summed E-state index contributed by atoms with van der Waals surface area (Å²) in [5.74, 6) is 0.163. The van der Waals surface area contributed by atoms with E-state index in [-0.39, 0.29) is 40.8 Å². The lowest BCUT2D eigenvalue weighted by atomic mass is 9.98. The van der Waals surface area contributed by atoms with Crippen LogP contribution < -0.4 is 5.73 Å². The maximum Gasteiger partial charge on any atom is 0.341 e. The Morgan fingerprint density at radius 3 is 2.70 bits per heavy atom. The van der Waals surface area contributed by atoms with Gasteiger partial charge >= 0.3 is 5.97 Å². The van der Waals surface area contributed by atoms with Gasteiger partial charge in [0.15, 0.2) is 0 Å². The van der Waals surface area contributed by atoms with Crippen molar-refractivity contribution in [2.45, 2.75) is 30.9 Å². The fourth-order valence-electron chi connectivity index (χ4n) is 3.48. The highest BCUT2D eigenvalue weighted by molar-refractivity contribution is 7.89. The summed E-state index contributed by atoms with van der Waals surface area (Å²) in [5, 5.41) is -0.209. The third kappa shape index (κ3) is 3.00. The van der Waals surface area contributed by atoms with Crippen molar-refractivity contribution in [1.82, 2.24) is 4.31 Å². The molecule has 1 saturated heterocycles. The molecule has 0 amide bonds. The van der Waals surface area contributed by atoms with Gasteiger partial charge in [-0.3, -0.25) is 0 Å². The van der Waals surface area contributed by atoms with Crippen LogP contribution in [0.3, 0.4) is 0 Å². The molecule has 2 N–H and O–H groups in total. The molecule has 0 spiro atoms. The summed E-state index contributed by atoms with van der Waals surface area (Å²) in [6, 6.07) is 1.30. The van der Waals surface area contributed by atoms with Crippen LogP contribution in [0.4, 0.5) is 0 Å². The number of sulfonamides is 1. The normalized spacial score (nSPS) is 27.5. The van der Waals surface area contributed by atoms with Gasteiger partial charge in [0.2, 0.25) is 5.09 Å². The van der Waals surface area contributed by atoms with Gasteiger partial charge in [-0.15, -0.1) is 12.4 Å². The van der Waals surface area contributed by atoms with Crippen molar-refractivity contribution >= 4 is 28.4 Å². The van der Waals surface area contributed by atoms with Crippen LogP contribution in [0.25, 0.3) is 0 Å². The van der Waals surface area contributed by atoms with Crippen LogP contribution in [0.5, 0.6) is 0 Å². The lowest BCUT2D eigenvalue weighted by Crippen LogP contribution is -2.33. The van der Waals surface area contributed by atoms with Crippen molar-refractivity contribution < 1.29 is 22.4 Å². The first kappa shape index (κ1) is 18.3. The molecule has 3 unspecified atom stereocenters. The minimum absolute atomic E-state index is 0. The largest absolute Gasteiger partial charge is 0.465 e. The van der Waals surface area contributed by atoms with Gasteiger partial charge in [0.25, 0.3) is 10.0 Å². The number of fused-ring (bicyclic) bond motifs is 1. The first-order chi connectivity index (χ1) is 10.3. The SMILES string of the molecule is COC(=O)c1cc(S(=O)(=O)N2CC3CCC(N)C3C2)oc1C.Cl. The summed E-state index contributed by atoms with van der Waals surface area (Å²) in [5.41, 5.74) is 6.18. The van der Waals surface area contributed by atoms with Crippen molar-refractivity contribution in [3.05, 3.63) is 17.4 Å². The number of ether oxygens (including phenoxy) is 1. The number of furan rings is 1. The Labute approximate surface area is 141 Å². The fraction of sp³-hybridized carbons (Fsp3) is 0.643. The molecule has 3 atom stereocenters. The van der Waals surface area contributed by atoms with Gasteiger partial charge in [0.1, 0.15) is 11.3 Å². The Morgan fingerprint density at radius 1 is 1.39 bits per heavy atom. The number of carbonyl (C=O) groups excluding carboxylic acids is 1. The minimum atomic E-state index is -3.74. The van der Waals surface area contributed by atoms with Crippen molar-refractivity contribution in [3.63, 3.8) is 0 Å². The smallest absolute Gasteiger partial charge is 0.341 e. The van der Waals surface area contributed by atoms with E-state index in [0.29, 0.717) is 19.0 Å². The van der Waals surface area contributed by atoms with Crippen LogP contribution in [0.15, 0.2) is 15.6 Å². The number of rotatable bonds is 3. The molecule has 0 aromatic carbocycles. The molecule has 0 radical (unpaired) electrons. The van der Waals surface area contributed by atoms with E-state index in [9.17, 15) is 13.2 Å². The monoisotopic (exact) mass is 364 g/mol. The van der Waals surface area contributed by atoms with Crippen molar-refractivity contribution in [3.8, 4) is 0 Å². The summed E-state index contributed by atoms with van der Waals surface area (Å²) >= 11 is 0. The van der Waals surface area contributed by atoms with Gasteiger partial charge in [-0.1, -0.05) is 0 Å². The van der Waals surface area contributed by atoms with Crippen molar-refractivity contribution in [2.24, 2.45) is 17.6 Å². The van der Waals surface area contributed by atoms with Gasteiger partial charge in [0, 0.05) is 25.2 Å². The van der Waals surface area contributed by atoms with E-state index >= 15 is 0 Å². The van der Waals surface area contributed by atoms with Gasteiger partial charge in [-0.2, -0.15) is 4.31 Å². The highest BCUT2D eigenvalue weighted by Crippen LogP contribution is 2.39. The topological polar surface area (TPSA) is 103 Å². The molecule has 9 heteroatoms. The van der Waals surface area contributed by atoms with Crippen LogP contribution in [0.1, 0.15) is 29.0 Å². The van der Waals surface area contributed by atoms with E-state index in [0.717, 1.165) is 12.8 Å². The summed E-state index contributed by atoms with van der Waals surface area (Å²) in [7, 11) is -2.50. The number of carbonyl (C=O) groups is 1. The molecule has 1 aromatic heterocycles. The molecular formula is C14H21ClN2O5S. The van der Waals surface area contributed by atoms with E-state index in [2.05, 4.69) is 4.74 Å². The Hall–Kier alpha value is -1.09. The molecule has 1 saturated carbocycles. The average molecular weight is 365 g/mol. The third-order valence-electron chi connectivity index (χ3n) is 4.77. The molecule has 1 aliphatic heterocycles. The Bertz CT molecular complexity index is 702. The molecular weight excluding hydrogens is 344 g/mol. The standard InChI is InChI=1S/C14H20N2O5S.ClH/c1-8-10(14(17)20-2)5-13(21-8)22(18,19)16-6-9-3-4-12(15)11(9)7-16;/h5,9,11-12H,3-4,6-7,15H2,1-2H3;1H. The summed E-state index contributed by atoms with van der Waals surface area (Å²) in [4.78, 5) is 11.6. The number of hydrogen-bond donors (Lipinski definition) is 1. The second kappa shape index (κ2) is 6.43. The molecule has 2 heterocycles. The lowest BCUT2D eigenvalue weighted by molar-refractivity contribution is 0.0599. The summed E-state index contributed by atoms with van der Waals surface area (Å²) in [6.07, 6.45) is 1.91. The predicted octanol–water partition coefficient (Wildman–Crippen LogP) is 1.15. The van der Waals surface area contributed by atoms with Crippen molar-refractivity contribution in [2.75, 3.05) is 20.2 Å². The molecule has 2 aliphatic rings. The number of halogens is 1. The zero-order valence-corrected chi connectivity index (χ0v) is 14.7. The number of aryl methyl sites for hydroxylation is 1. The van der Waals surface area contributed by atoms with Crippen LogP contribution in [0, 0.1) is 18.8 Å². The number of nitrogens with zero attached hydrogens (tertiary/aromatic N) is 1. The lowest BCUT2D eigenvalue weighted by Gasteiger charge is -2.16. The Balaban J connectivity index is 0.00000192. The van der Waals surface area contributed by atoms with E-state index in [1.54, 1.807) is 6.92 Å². The number of esters is 1. The molecule has 7 nitrogen and oxygen atoms in total. The quantitative estimate of drug-likeness (QED) is 0.807. The Morgan fingerprint density at radius 2 is 2.09 bits per heavy atom.